The predicted octanol–water partition coefficient (Wildman–Crippen LogP) is 3.98. The van der Waals surface area contributed by atoms with Crippen LogP contribution in [-0.2, 0) is 25.8 Å². The molecule has 1 aromatic heterocycles. The van der Waals surface area contributed by atoms with Crippen LogP contribution in [0.3, 0.4) is 0 Å². The second-order valence-corrected chi connectivity index (χ2v) is 10.3. The van der Waals surface area contributed by atoms with Gasteiger partial charge < -0.3 is 4.74 Å². The number of carbonyl (C=O) groups excluding carboxylic acids is 1. The molecular weight excluding hydrogens is 434 g/mol. The van der Waals surface area contributed by atoms with E-state index in [1.807, 2.05) is 32.0 Å². The van der Waals surface area contributed by atoms with Crippen LogP contribution in [0.2, 0.25) is 0 Å². The Bertz CT molecular complexity index is 1250. The Balaban J connectivity index is 2.30. The van der Waals surface area contributed by atoms with Gasteiger partial charge in [0.05, 0.1) is 23.3 Å². The monoisotopic (exact) mass is 453 g/mol. The van der Waals surface area contributed by atoms with Crippen LogP contribution in [0.5, 0.6) is 0 Å². The molecule has 1 heterocycles. The Morgan fingerprint density at radius 2 is 1.86 bits per heavy atom. The Labute approximate surface area is 175 Å². The molecule has 0 bridgehead atoms. The van der Waals surface area contributed by atoms with Gasteiger partial charge >= 0.3 is 5.97 Å². The van der Waals surface area contributed by atoms with Crippen LogP contribution in [0.25, 0.3) is 10.1 Å². The Kier molecular flexibility index (Phi) is 5.81. The molecule has 0 radical (unpaired) electrons. The molecule has 0 saturated carbocycles. The van der Waals surface area contributed by atoms with Gasteiger partial charge in [0.2, 0.25) is 0 Å². The lowest BCUT2D eigenvalue weighted by Crippen LogP contribution is -2.21. The number of hydrogen-bond acceptors (Lipinski definition) is 6. The van der Waals surface area contributed by atoms with Crippen LogP contribution in [0.15, 0.2) is 41.3 Å². The Morgan fingerprint density at radius 1 is 1.17 bits per heavy atom. The average Bonchev–Trinajstić information content (AvgIpc) is 2.96. The van der Waals surface area contributed by atoms with Gasteiger partial charge in [0, 0.05) is 11.0 Å². The average molecular weight is 454 g/mol. The number of anilines is 2. The third-order valence-electron chi connectivity index (χ3n) is 4.41. The molecule has 0 aliphatic heterocycles. The summed E-state index contributed by atoms with van der Waals surface area (Å²) in [6.45, 7) is 3.77. The van der Waals surface area contributed by atoms with Crippen molar-refractivity contribution in [2.75, 3.05) is 17.7 Å². The predicted molar refractivity (Wildman–Crippen MR) is 115 cm³/mol. The number of aryl methyl sites for hydroxylation is 2. The number of benzene rings is 2. The molecule has 0 amide bonds. The molecular formula is C19H19NO6S3. The van der Waals surface area contributed by atoms with E-state index in [0.717, 1.165) is 37.8 Å². The van der Waals surface area contributed by atoms with E-state index in [4.69, 9.17) is 0 Å². The zero-order valence-electron chi connectivity index (χ0n) is 16.1. The third-order valence-corrected chi connectivity index (χ3v) is 7.60. The number of fused-ring (bicyclic) bond motifs is 1. The molecule has 10 heteroatoms. The highest BCUT2D eigenvalue weighted by Crippen LogP contribution is 2.43. The SMILES string of the molecule is COC(=O)c1ccc(N(c2sc3ccc(C)cc3c2C)S(=O)O)c(S(C)(=O)=O)c1. The first-order chi connectivity index (χ1) is 13.5. The lowest BCUT2D eigenvalue weighted by molar-refractivity contribution is 0.0600. The summed E-state index contributed by atoms with van der Waals surface area (Å²) in [5.74, 6) is -0.702. The second-order valence-electron chi connectivity index (χ2n) is 6.50. The van der Waals surface area contributed by atoms with E-state index in [-0.39, 0.29) is 16.1 Å². The first-order valence-electron chi connectivity index (χ1n) is 8.38. The number of esters is 1. The van der Waals surface area contributed by atoms with Crippen LogP contribution in [0, 0.1) is 13.8 Å². The van der Waals surface area contributed by atoms with E-state index in [2.05, 4.69) is 4.74 Å². The first kappa shape index (κ1) is 21.4. The van der Waals surface area contributed by atoms with Crippen molar-refractivity contribution < 1.29 is 26.7 Å². The molecule has 0 saturated heterocycles. The summed E-state index contributed by atoms with van der Waals surface area (Å²) in [5.41, 5.74) is 1.84. The van der Waals surface area contributed by atoms with E-state index in [1.165, 1.54) is 30.6 Å². The molecule has 3 rings (SSSR count). The van der Waals surface area contributed by atoms with E-state index in [0.29, 0.717) is 5.00 Å². The summed E-state index contributed by atoms with van der Waals surface area (Å²) >= 11 is -1.26. The fourth-order valence-corrected chi connectivity index (χ4v) is 5.96. The van der Waals surface area contributed by atoms with Gasteiger partial charge in [0.1, 0.15) is 5.00 Å². The largest absolute Gasteiger partial charge is 0.465 e. The maximum absolute atomic E-state index is 12.4. The molecule has 1 N–H and O–H groups in total. The lowest BCUT2D eigenvalue weighted by atomic mass is 10.1. The lowest BCUT2D eigenvalue weighted by Gasteiger charge is -2.22. The molecule has 1 atom stereocenters. The highest BCUT2D eigenvalue weighted by atomic mass is 32.2. The molecule has 154 valence electrons. The van der Waals surface area contributed by atoms with Gasteiger partial charge in [-0.1, -0.05) is 17.7 Å². The van der Waals surface area contributed by atoms with Crippen molar-refractivity contribution in [1.29, 1.82) is 0 Å². The Hall–Kier alpha value is -2.27. The maximum atomic E-state index is 12.4. The van der Waals surface area contributed by atoms with Gasteiger partial charge in [0.25, 0.3) is 11.3 Å². The number of rotatable bonds is 5. The number of ether oxygens (including phenoxy) is 1. The summed E-state index contributed by atoms with van der Waals surface area (Å²) in [6.07, 6.45) is 0.979. The van der Waals surface area contributed by atoms with Crippen LogP contribution in [0.1, 0.15) is 21.5 Å². The summed E-state index contributed by atoms with van der Waals surface area (Å²) < 4.78 is 53.8. The van der Waals surface area contributed by atoms with Crippen LogP contribution >= 0.6 is 11.3 Å². The molecule has 0 fully saturated rings. The molecule has 0 aliphatic rings. The number of thiophene rings is 1. The van der Waals surface area contributed by atoms with E-state index in [9.17, 15) is 22.0 Å². The highest BCUT2D eigenvalue weighted by Gasteiger charge is 2.28. The molecule has 2 aromatic carbocycles. The molecule has 29 heavy (non-hydrogen) atoms. The van der Waals surface area contributed by atoms with Crippen LogP contribution in [0.4, 0.5) is 10.7 Å². The second kappa shape index (κ2) is 7.86. The van der Waals surface area contributed by atoms with E-state index in [1.54, 1.807) is 0 Å². The smallest absolute Gasteiger partial charge is 0.337 e. The molecule has 1 unspecified atom stereocenters. The van der Waals surface area contributed by atoms with Crippen molar-refractivity contribution in [3.8, 4) is 0 Å². The zero-order chi connectivity index (χ0) is 21.5. The number of carbonyl (C=O) groups is 1. The molecule has 3 aromatic rings. The zero-order valence-corrected chi connectivity index (χ0v) is 18.6. The van der Waals surface area contributed by atoms with Crippen LogP contribution < -0.4 is 4.31 Å². The fraction of sp³-hybridized carbons (Fsp3) is 0.211. The van der Waals surface area contributed by atoms with Gasteiger partial charge in [-0.25, -0.2) is 21.7 Å². The minimum absolute atomic E-state index is 0.00682. The van der Waals surface area contributed by atoms with E-state index >= 15 is 0 Å². The van der Waals surface area contributed by atoms with E-state index < -0.39 is 27.1 Å². The molecule has 0 aliphatic carbocycles. The number of methoxy groups -OCH3 is 1. The Morgan fingerprint density at radius 3 is 2.45 bits per heavy atom. The van der Waals surface area contributed by atoms with Gasteiger partial charge in [0.15, 0.2) is 9.84 Å². The quantitative estimate of drug-likeness (QED) is 0.463. The summed E-state index contributed by atoms with van der Waals surface area (Å²) in [5, 5.41) is 1.37. The fourth-order valence-electron chi connectivity index (χ4n) is 3.00. The topological polar surface area (TPSA) is 101 Å². The minimum Gasteiger partial charge on any atom is -0.465 e. The van der Waals surface area contributed by atoms with Gasteiger partial charge in [-0.05, 0) is 49.1 Å². The van der Waals surface area contributed by atoms with Crippen molar-refractivity contribution in [3.05, 3.63) is 53.1 Å². The van der Waals surface area contributed by atoms with Gasteiger partial charge in [-0.3, -0.25) is 4.55 Å². The van der Waals surface area contributed by atoms with Crippen molar-refractivity contribution in [1.82, 2.24) is 0 Å². The van der Waals surface area contributed by atoms with Crippen molar-refractivity contribution >= 4 is 59.2 Å². The number of hydrogen-bond donors (Lipinski definition) is 1. The normalized spacial score (nSPS) is 12.7. The molecule has 7 nitrogen and oxygen atoms in total. The molecule has 0 spiro atoms. The number of nitrogens with zero attached hydrogens (tertiary/aromatic N) is 1. The minimum atomic E-state index is -3.82. The summed E-state index contributed by atoms with van der Waals surface area (Å²) in [6, 6.07) is 9.69. The van der Waals surface area contributed by atoms with Crippen molar-refractivity contribution in [2.45, 2.75) is 18.7 Å². The van der Waals surface area contributed by atoms with Crippen LogP contribution in [-0.4, -0.2) is 36.5 Å². The maximum Gasteiger partial charge on any atom is 0.337 e. The van der Waals surface area contributed by atoms with Crippen molar-refractivity contribution in [2.24, 2.45) is 0 Å². The van der Waals surface area contributed by atoms with Gasteiger partial charge in [-0.15, -0.1) is 11.3 Å². The van der Waals surface area contributed by atoms with Crippen molar-refractivity contribution in [3.63, 3.8) is 0 Å². The highest BCUT2D eigenvalue weighted by molar-refractivity contribution is 7.91. The van der Waals surface area contributed by atoms with Gasteiger partial charge in [-0.2, -0.15) is 0 Å². The summed E-state index contributed by atoms with van der Waals surface area (Å²) in [7, 11) is -2.64. The first-order valence-corrected chi connectivity index (χ1v) is 12.1. The number of sulfone groups is 1. The standard InChI is InChI=1S/C19H19NO6S3/c1-11-5-8-16-14(9-11)12(2)18(27-16)20(28(22)23)15-7-6-13(19(21)26-3)10-17(15)29(4,24)25/h5-10H,1-4H3,(H,22,23). The third kappa shape index (κ3) is 4.06. The summed E-state index contributed by atoms with van der Waals surface area (Å²) in [4.78, 5) is 11.6.